The topological polar surface area (TPSA) is 36.9 Å². The Labute approximate surface area is 307 Å². The van der Waals surface area contributed by atoms with E-state index in [1.807, 2.05) is 0 Å². The molecular formula is C46H44B2O4. The Balaban J connectivity index is 1.46. The van der Waals surface area contributed by atoms with Crippen LogP contribution in [0.1, 0.15) is 41.5 Å². The van der Waals surface area contributed by atoms with Gasteiger partial charge in [0.2, 0.25) is 0 Å². The van der Waals surface area contributed by atoms with Gasteiger partial charge >= 0.3 is 14.2 Å². The molecule has 1 aliphatic heterocycles. The van der Waals surface area contributed by atoms with E-state index < -0.39 is 25.4 Å². The van der Waals surface area contributed by atoms with Gasteiger partial charge in [-0.05, 0) is 116 Å². The van der Waals surface area contributed by atoms with Gasteiger partial charge in [0.1, 0.15) is 0 Å². The summed E-state index contributed by atoms with van der Waals surface area (Å²) in [6, 6.07) is 43.9. The molecule has 0 unspecified atom stereocenters. The second kappa shape index (κ2) is 13.0. The van der Waals surface area contributed by atoms with Crippen LogP contribution in [0.3, 0.4) is 0 Å². The highest BCUT2D eigenvalue weighted by molar-refractivity contribution is 6.63. The van der Waals surface area contributed by atoms with Crippen molar-refractivity contribution in [3.05, 3.63) is 134 Å². The summed E-state index contributed by atoms with van der Waals surface area (Å²) in [5, 5.41) is 9.33. The Hall–Kier alpha value is -4.87. The summed E-state index contributed by atoms with van der Waals surface area (Å²) < 4.78 is 25.5. The van der Waals surface area contributed by atoms with E-state index in [2.05, 4.69) is 169 Å². The van der Waals surface area contributed by atoms with E-state index in [4.69, 9.17) is 18.6 Å². The Morgan fingerprint density at radius 2 is 1.12 bits per heavy atom. The van der Waals surface area contributed by atoms with E-state index in [0.717, 1.165) is 54.7 Å². The van der Waals surface area contributed by atoms with Crippen molar-refractivity contribution in [2.45, 2.75) is 52.7 Å². The third-order valence-electron chi connectivity index (χ3n) is 11.2. The maximum absolute atomic E-state index is 6.60. The van der Waals surface area contributed by atoms with Crippen molar-refractivity contribution < 1.29 is 18.6 Å². The molecule has 7 aromatic carbocycles. The summed E-state index contributed by atoms with van der Waals surface area (Å²) >= 11 is 0. The van der Waals surface area contributed by atoms with Gasteiger partial charge in [-0.1, -0.05) is 130 Å². The Bertz CT molecular complexity index is 2500. The first kappa shape index (κ1) is 34.2. The van der Waals surface area contributed by atoms with E-state index in [9.17, 15) is 0 Å². The minimum Gasteiger partial charge on any atom is -0.536 e. The van der Waals surface area contributed by atoms with E-state index in [-0.39, 0.29) is 5.92 Å². The maximum Gasteiger partial charge on any atom is 0.562 e. The van der Waals surface area contributed by atoms with E-state index in [1.165, 1.54) is 21.5 Å². The predicted molar refractivity (Wildman–Crippen MR) is 221 cm³/mol. The van der Waals surface area contributed by atoms with Crippen molar-refractivity contribution in [3.8, 4) is 22.3 Å². The standard InChI is InChI=1S/C46H44B2O4/c1-29(2)30(3)50-47(49-8)37-21-23-39-41(27-37)43(35-19-17-31-13-9-11-15-33(31)25-35)40-24-22-38(48-51-45(4,5)46(6,7)52-48)28-42(40)44(39)36-20-18-32-14-10-12-16-34(32)26-36/h9-29H,3H2,1-2,4-8H3. The zero-order chi connectivity index (χ0) is 36.4. The predicted octanol–water partition coefficient (Wildman–Crippen LogP) is 10.5. The molecule has 0 aliphatic carbocycles. The number of hydrogen-bond acceptors (Lipinski definition) is 4. The Kier molecular flexibility index (Phi) is 8.53. The molecule has 0 amide bonds. The van der Waals surface area contributed by atoms with Crippen LogP contribution in [0.15, 0.2) is 134 Å². The molecule has 0 atom stereocenters. The van der Waals surface area contributed by atoms with Gasteiger partial charge < -0.3 is 18.6 Å². The van der Waals surface area contributed by atoms with Crippen LogP contribution in [0.25, 0.3) is 65.3 Å². The number of rotatable bonds is 8. The second-order valence-electron chi connectivity index (χ2n) is 15.4. The smallest absolute Gasteiger partial charge is 0.536 e. The van der Waals surface area contributed by atoms with Crippen molar-refractivity contribution in [1.82, 2.24) is 0 Å². The first-order chi connectivity index (χ1) is 24.9. The zero-order valence-electron chi connectivity index (χ0n) is 31.1. The highest BCUT2D eigenvalue weighted by Crippen LogP contribution is 2.45. The minimum atomic E-state index is -0.602. The summed E-state index contributed by atoms with van der Waals surface area (Å²) in [5.74, 6) is 0.847. The number of fused-ring (bicyclic) bond motifs is 4. The minimum absolute atomic E-state index is 0.160. The highest BCUT2D eigenvalue weighted by Gasteiger charge is 2.51. The Morgan fingerprint density at radius 3 is 1.63 bits per heavy atom. The molecule has 6 heteroatoms. The highest BCUT2D eigenvalue weighted by atomic mass is 16.7. The average molecular weight is 682 g/mol. The molecular weight excluding hydrogens is 638 g/mol. The number of allylic oxidation sites excluding steroid dienone is 1. The van der Waals surface area contributed by atoms with Crippen LogP contribution in [-0.4, -0.2) is 32.5 Å². The normalized spacial score (nSPS) is 15.3. The summed E-state index contributed by atoms with van der Waals surface area (Å²) in [6.45, 7) is 16.7. The lowest BCUT2D eigenvalue weighted by Crippen LogP contribution is -2.41. The average Bonchev–Trinajstić information content (AvgIpc) is 3.37. The largest absolute Gasteiger partial charge is 0.562 e. The van der Waals surface area contributed by atoms with Gasteiger partial charge in [0.25, 0.3) is 0 Å². The van der Waals surface area contributed by atoms with Crippen LogP contribution < -0.4 is 10.9 Å². The van der Waals surface area contributed by atoms with Crippen LogP contribution in [0.5, 0.6) is 0 Å². The van der Waals surface area contributed by atoms with E-state index >= 15 is 0 Å². The molecule has 4 nitrogen and oxygen atoms in total. The third-order valence-corrected chi connectivity index (χ3v) is 11.2. The van der Waals surface area contributed by atoms with Gasteiger partial charge in [0, 0.05) is 13.0 Å². The number of benzene rings is 7. The van der Waals surface area contributed by atoms with E-state index in [0.29, 0.717) is 5.76 Å². The molecule has 0 radical (unpaired) electrons. The van der Waals surface area contributed by atoms with Crippen molar-refractivity contribution in [1.29, 1.82) is 0 Å². The van der Waals surface area contributed by atoms with Crippen LogP contribution in [0.4, 0.5) is 0 Å². The molecule has 1 aliphatic rings. The lowest BCUT2D eigenvalue weighted by atomic mass is 9.74. The van der Waals surface area contributed by atoms with Gasteiger partial charge in [-0.3, -0.25) is 0 Å². The summed E-state index contributed by atoms with van der Waals surface area (Å²) in [4.78, 5) is 0. The molecule has 0 spiro atoms. The molecule has 7 aromatic rings. The summed E-state index contributed by atoms with van der Waals surface area (Å²) in [5.41, 5.74) is 5.61. The van der Waals surface area contributed by atoms with Crippen molar-refractivity contribution in [2.24, 2.45) is 5.92 Å². The molecule has 0 aromatic heterocycles. The first-order valence-electron chi connectivity index (χ1n) is 18.2. The molecule has 258 valence electrons. The Morgan fingerprint density at radius 1 is 0.615 bits per heavy atom. The summed E-state index contributed by atoms with van der Waals surface area (Å²) in [7, 11) is 0.592. The van der Waals surface area contributed by atoms with Crippen LogP contribution in [-0.2, 0) is 18.6 Å². The molecule has 1 heterocycles. The third kappa shape index (κ3) is 5.89. The van der Waals surface area contributed by atoms with Gasteiger partial charge in [-0.2, -0.15) is 0 Å². The lowest BCUT2D eigenvalue weighted by molar-refractivity contribution is 0.00578. The first-order valence-corrected chi connectivity index (χ1v) is 18.2. The molecule has 1 fully saturated rings. The van der Waals surface area contributed by atoms with Crippen LogP contribution in [0.2, 0.25) is 0 Å². The van der Waals surface area contributed by atoms with Gasteiger partial charge in [0.05, 0.1) is 17.0 Å². The fraction of sp³-hybridized carbons (Fsp3) is 0.217. The van der Waals surface area contributed by atoms with E-state index in [1.54, 1.807) is 7.11 Å². The molecule has 52 heavy (non-hydrogen) atoms. The zero-order valence-corrected chi connectivity index (χ0v) is 31.1. The number of hydrogen-bond donors (Lipinski definition) is 0. The van der Waals surface area contributed by atoms with Gasteiger partial charge in [-0.25, -0.2) is 0 Å². The van der Waals surface area contributed by atoms with Crippen molar-refractivity contribution in [2.75, 3.05) is 7.11 Å². The van der Waals surface area contributed by atoms with Crippen molar-refractivity contribution >= 4 is 68.3 Å². The quantitative estimate of drug-likeness (QED) is 0.0909. The SMILES string of the molecule is C=C(OB(OC)c1ccc2c(-c3ccc4ccccc4c3)c3cc(B4OC(C)(C)C(C)(C)O4)ccc3c(-c3ccc4ccccc4c3)c2c1)C(C)C. The second-order valence-corrected chi connectivity index (χ2v) is 15.4. The maximum atomic E-state index is 6.60. The van der Waals surface area contributed by atoms with Crippen LogP contribution in [0, 0.1) is 5.92 Å². The van der Waals surface area contributed by atoms with Gasteiger partial charge in [-0.15, -0.1) is 0 Å². The van der Waals surface area contributed by atoms with Crippen molar-refractivity contribution in [3.63, 3.8) is 0 Å². The summed E-state index contributed by atoms with van der Waals surface area (Å²) in [6.07, 6.45) is 0. The van der Waals surface area contributed by atoms with Gasteiger partial charge in [0.15, 0.2) is 0 Å². The molecule has 1 saturated heterocycles. The molecule has 0 bridgehead atoms. The molecule has 8 rings (SSSR count). The van der Waals surface area contributed by atoms with Crippen LogP contribution >= 0.6 is 0 Å². The monoisotopic (exact) mass is 682 g/mol. The fourth-order valence-electron chi connectivity index (χ4n) is 7.37. The molecule has 0 saturated carbocycles. The lowest BCUT2D eigenvalue weighted by Gasteiger charge is -2.32. The molecule has 0 N–H and O–H groups in total. The fourth-order valence-corrected chi connectivity index (χ4v) is 7.37.